The summed E-state index contributed by atoms with van der Waals surface area (Å²) >= 11 is 0. The predicted molar refractivity (Wildman–Crippen MR) is 176 cm³/mol. The topological polar surface area (TPSA) is 0 Å². The van der Waals surface area contributed by atoms with Crippen molar-refractivity contribution in [2.75, 3.05) is 0 Å². The van der Waals surface area contributed by atoms with Crippen LogP contribution in [0.5, 0.6) is 0 Å². The standard InChI is InChI=1S/C37H42P2/c1-6-34-29(5)26-35(27(2)3)37(39(32-22-14-9-15-23-32)33-24-16-17-28(4)25-33)36(34)38(30-18-10-7-11-19-30)31-20-12-8-13-21-31/h7-27,34-37H,6H2,1-5H3. The molecule has 0 nitrogen and oxygen atoms in total. The molecule has 0 aliphatic heterocycles. The van der Waals surface area contributed by atoms with Crippen LogP contribution in [0.3, 0.4) is 0 Å². The van der Waals surface area contributed by atoms with Gasteiger partial charge in [0.25, 0.3) is 0 Å². The van der Waals surface area contributed by atoms with E-state index in [-0.39, 0.29) is 0 Å². The highest BCUT2D eigenvalue weighted by Crippen LogP contribution is 2.61. The molecule has 1 aliphatic rings. The van der Waals surface area contributed by atoms with Gasteiger partial charge in [-0.15, -0.1) is 0 Å². The van der Waals surface area contributed by atoms with E-state index in [4.69, 9.17) is 0 Å². The highest BCUT2D eigenvalue weighted by atomic mass is 31.1. The van der Waals surface area contributed by atoms with E-state index in [9.17, 15) is 0 Å². The smallest absolute Gasteiger partial charge is 0.00161 e. The lowest BCUT2D eigenvalue weighted by molar-refractivity contribution is 0.373. The average molecular weight is 549 g/mol. The maximum Gasteiger partial charge on any atom is 0.00161 e. The Hall–Kier alpha value is -2.52. The molecule has 0 bridgehead atoms. The van der Waals surface area contributed by atoms with Gasteiger partial charge in [-0.2, -0.15) is 0 Å². The van der Waals surface area contributed by atoms with Crippen LogP contribution < -0.4 is 21.2 Å². The number of hydrogen-bond acceptors (Lipinski definition) is 0. The Morgan fingerprint density at radius 1 is 0.590 bits per heavy atom. The summed E-state index contributed by atoms with van der Waals surface area (Å²) in [5.41, 5.74) is 4.06. The molecule has 4 aromatic rings. The molecule has 0 amide bonds. The summed E-state index contributed by atoms with van der Waals surface area (Å²) in [5.74, 6) is 1.67. The molecular formula is C37H42P2. The van der Waals surface area contributed by atoms with Crippen molar-refractivity contribution in [1.82, 2.24) is 0 Å². The van der Waals surface area contributed by atoms with Crippen molar-refractivity contribution in [2.45, 2.75) is 52.4 Å². The molecule has 0 spiro atoms. The van der Waals surface area contributed by atoms with Crippen molar-refractivity contribution in [3.8, 4) is 0 Å². The van der Waals surface area contributed by atoms with Crippen LogP contribution in [0.25, 0.3) is 0 Å². The van der Waals surface area contributed by atoms with Crippen LogP contribution in [0, 0.1) is 24.7 Å². The van der Waals surface area contributed by atoms with E-state index >= 15 is 0 Å². The molecule has 0 radical (unpaired) electrons. The average Bonchev–Trinajstić information content (AvgIpc) is 2.96. The first-order valence-electron chi connectivity index (χ1n) is 14.5. The molecule has 4 aromatic carbocycles. The van der Waals surface area contributed by atoms with E-state index in [0.29, 0.717) is 29.1 Å². The molecule has 39 heavy (non-hydrogen) atoms. The Morgan fingerprint density at radius 3 is 1.49 bits per heavy atom. The maximum atomic E-state index is 2.69. The quantitative estimate of drug-likeness (QED) is 0.153. The minimum atomic E-state index is -0.589. The second-order valence-electron chi connectivity index (χ2n) is 11.3. The van der Waals surface area contributed by atoms with E-state index < -0.39 is 15.8 Å². The van der Waals surface area contributed by atoms with Gasteiger partial charge in [-0.25, -0.2) is 0 Å². The van der Waals surface area contributed by atoms with Gasteiger partial charge in [-0.3, -0.25) is 0 Å². The van der Waals surface area contributed by atoms with Crippen molar-refractivity contribution in [3.05, 3.63) is 132 Å². The Morgan fingerprint density at radius 2 is 1.05 bits per heavy atom. The molecule has 0 fully saturated rings. The summed E-state index contributed by atoms with van der Waals surface area (Å²) in [6.07, 6.45) is 3.87. The minimum absolute atomic E-state index is 0.530. The zero-order valence-corrected chi connectivity index (χ0v) is 25.8. The van der Waals surface area contributed by atoms with Crippen LogP contribution in [0.2, 0.25) is 0 Å². The number of rotatable bonds is 8. The van der Waals surface area contributed by atoms with E-state index in [1.807, 2.05) is 0 Å². The Bertz CT molecular complexity index is 1320. The molecule has 0 saturated heterocycles. The highest BCUT2D eigenvalue weighted by molar-refractivity contribution is 7.77. The van der Waals surface area contributed by atoms with Crippen LogP contribution in [0.4, 0.5) is 0 Å². The van der Waals surface area contributed by atoms with Gasteiger partial charge in [-0.1, -0.05) is 153 Å². The first-order chi connectivity index (χ1) is 19.0. The number of benzene rings is 4. The molecule has 0 saturated carbocycles. The third-order valence-corrected chi connectivity index (χ3v) is 14.6. The molecular weight excluding hydrogens is 506 g/mol. The van der Waals surface area contributed by atoms with E-state index in [1.54, 1.807) is 5.57 Å². The molecule has 2 heteroatoms. The van der Waals surface area contributed by atoms with Gasteiger partial charge in [0.2, 0.25) is 0 Å². The number of allylic oxidation sites excluding steroid dienone is 2. The highest BCUT2D eigenvalue weighted by Gasteiger charge is 2.48. The zero-order valence-electron chi connectivity index (χ0n) is 24.0. The summed E-state index contributed by atoms with van der Waals surface area (Å²) in [4.78, 5) is 0. The fourth-order valence-corrected chi connectivity index (χ4v) is 14.0. The largest absolute Gasteiger partial charge is 0.0813 e. The monoisotopic (exact) mass is 548 g/mol. The predicted octanol–water partition coefficient (Wildman–Crippen LogP) is 8.56. The van der Waals surface area contributed by atoms with Crippen LogP contribution in [-0.2, 0) is 0 Å². The summed E-state index contributed by atoms with van der Waals surface area (Å²) in [6, 6.07) is 43.8. The van der Waals surface area contributed by atoms with Gasteiger partial charge in [0.15, 0.2) is 0 Å². The molecule has 200 valence electrons. The van der Waals surface area contributed by atoms with Gasteiger partial charge < -0.3 is 0 Å². The first-order valence-corrected chi connectivity index (χ1v) is 17.3. The zero-order chi connectivity index (χ0) is 27.4. The third kappa shape index (κ3) is 5.99. The van der Waals surface area contributed by atoms with Crippen molar-refractivity contribution in [2.24, 2.45) is 17.8 Å². The fraction of sp³-hybridized carbons (Fsp3) is 0.297. The summed E-state index contributed by atoms with van der Waals surface area (Å²) in [6.45, 7) is 12.0. The summed E-state index contributed by atoms with van der Waals surface area (Å²) in [5, 5.41) is 6.06. The van der Waals surface area contributed by atoms with Crippen LogP contribution in [-0.4, -0.2) is 11.3 Å². The Kier molecular flexibility index (Phi) is 9.17. The van der Waals surface area contributed by atoms with Crippen molar-refractivity contribution in [3.63, 3.8) is 0 Å². The lowest BCUT2D eigenvalue weighted by Gasteiger charge is -2.50. The van der Waals surface area contributed by atoms with Crippen molar-refractivity contribution >= 4 is 37.1 Å². The molecule has 0 N–H and O–H groups in total. The van der Waals surface area contributed by atoms with Gasteiger partial charge in [-0.05, 0) is 75.1 Å². The first kappa shape index (κ1) is 28.0. The Labute approximate surface area is 239 Å². The van der Waals surface area contributed by atoms with Crippen molar-refractivity contribution in [1.29, 1.82) is 0 Å². The SMILES string of the molecule is CCC1C(C)=CC(C(C)C)C(P(c2ccccc2)c2cccc(C)c2)C1P(c1ccccc1)c1ccccc1. The minimum Gasteiger partial charge on any atom is -0.0813 e. The fourth-order valence-electron chi connectivity index (χ4n) is 6.60. The molecule has 0 aromatic heterocycles. The second kappa shape index (κ2) is 12.8. The van der Waals surface area contributed by atoms with Crippen LogP contribution >= 0.6 is 15.8 Å². The normalized spacial score (nSPS) is 22.1. The molecule has 1 aliphatic carbocycles. The summed E-state index contributed by atoms with van der Waals surface area (Å²) < 4.78 is 0. The second-order valence-corrected chi connectivity index (χ2v) is 16.1. The van der Waals surface area contributed by atoms with Gasteiger partial charge in [0.1, 0.15) is 0 Å². The maximum absolute atomic E-state index is 2.69. The van der Waals surface area contributed by atoms with E-state index in [2.05, 4.69) is 156 Å². The molecule has 5 unspecified atom stereocenters. The molecule has 5 atom stereocenters. The van der Waals surface area contributed by atoms with Crippen LogP contribution in [0.15, 0.2) is 127 Å². The lowest BCUT2D eigenvalue weighted by atomic mass is 9.76. The van der Waals surface area contributed by atoms with E-state index in [1.165, 1.54) is 33.2 Å². The molecule has 5 rings (SSSR count). The van der Waals surface area contributed by atoms with Crippen molar-refractivity contribution < 1.29 is 0 Å². The lowest BCUT2D eigenvalue weighted by Crippen LogP contribution is -2.47. The molecule has 0 heterocycles. The van der Waals surface area contributed by atoms with Gasteiger partial charge >= 0.3 is 0 Å². The van der Waals surface area contributed by atoms with Gasteiger partial charge in [0.05, 0.1) is 0 Å². The third-order valence-electron chi connectivity index (χ3n) is 8.39. The number of aryl methyl sites for hydroxylation is 1. The van der Waals surface area contributed by atoms with E-state index in [0.717, 1.165) is 0 Å². The van der Waals surface area contributed by atoms with Gasteiger partial charge in [0, 0.05) is 11.3 Å². The Balaban J connectivity index is 1.81. The summed E-state index contributed by atoms with van der Waals surface area (Å²) in [7, 11) is -1.17. The number of hydrogen-bond donors (Lipinski definition) is 0. The van der Waals surface area contributed by atoms with Crippen LogP contribution in [0.1, 0.15) is 39.7 Å².